The highest BCUT2D eigenvalue weighted by Gasteiger charge is 2.35. The zero-order valence-corrected chi connectivity index (χ0v) is 16.1. The number of nitrogens with one attached hydrogen (secondary N) is 1. The first-order chi connectivity index (χ1) is 13.3. The number of imide groups is 1. The van der Waals surface area contributed by atoms with E-state index in [0.717, 1.165) is 33.3 Å². The second-order valence-corrected chi connectivity index (χ2v) is 6.32. The van der Waals surface area contributed by atoms with Crippen LogP contribution in [0.5, 0.6) is 5.75 Å². The molecule has 1 aliphatic heterocycles. The van der Waals surface area contributed by atoms with Gasteiger partial charge in [-0.15, -0.1) is 0 Å². The lowest BCUT2D eigenvalue weighted by Crippen LogP contribution is -2.36. The molecule has 8 heteroatoms. The first kappa shape index (κ1) is 19.2. The lowest BCUT2D eigenvalue weighted by atomic mass is 10.2. The Hall–Kier alpha value is -3.55. The van der Waals surface area contributed by atoms with Gasteiger partial charge in [0.1, 0.15) is 18.0 Å². The molecule has 1 aromatic heterocycles. The van der Waals surface area contributed by atoms with Crippen LogP contribution in [0.3, 0.4) is 0 Å². The van der Waals surface area contributed by atoms with Crippen LogP contribution in [0.15, 0.2) is 36.0 Å². The van der Waals surface area contributed by atoms with E-state index in [9.17, 15) is 14.4 Å². The van der Waals surface area contributed by atoms with Crippen molar-refractivity contribution in [3.05, 3.63) is 53.0 Å². The van der Waals surface area contributed by atoms with Crippen LogP contribution in [-0.4, -0.2) is 48.1 Å². The number of rotatable bonds is 5. The van der Waals surface area contributed by atoms with Gasteiger partial charge in [0.15, 0.2) is 0 Å². The van der Waals surface area contributed by atoms with Gasteiger partial charge < -0.3 is 19.4 Å². The van der Waals surface area contributed by atoms with E-state index in [1.54, 1.807) is 13.2 Å². The van der Waals surface area contributed by atoms with E-state index in [1.807, 2.05) is 48.7 Å². The number of aryl methyl sites for hydroxylation is 1. The Morgan fingerprint density at radius 2 is 1.93 bits per heavy atom. The molecule has 1 aromatic carbocycles. The normalized spacial score (nSPS) is 15.1. The number of urea groups is 1. The van der Waals surface area contributed by atoms with Gasteiger partial charge in [0.05, 0.1) is 14.2 Å². The number of carbonyl (C=O) groups excluding carboxylic acids is 3. The van der Waals surface area contributed by atoms with Crippen molar-refractivity contribution >= 4 is 24.0 Å². The fourth-order valence-corrected chi connectivity index (χ4v) is 3.14. The van der Waals surface area contributed by atoms with Crippen LogP contribution < -0.4 is 10.1 Å². The molecule has 0 radical (unpaired) electrons. The molecular weight excluding hydrogens is 362 g/mol. The predicted molar refractivity (Wildman–Crippen MR) is 102 cm³/mol. The van der Waals surface area contributed by atoms with Gasteiger partial charge >= 0.3 is 12.0 Å². The zero-order chi connectivity index (χ0) is 20.4. The number of carbonyl (C=O) groups is 3. The zero-order valence-electron chi connectivity index (χ0n) is 16.1. The van der Waals surface area contributed by atoms with Gasteiger partial charge in [0.2, 0.25) is 0 Å². The quantitative estimate of drug-likeness (QED) is 0.486. The molecule has 8 nitrogen and oxygen atoms in total. The highest BCUT2D eigenvalue weighted by molar-refractivity contribution is 6.15. The van der Waals surface area contributed by atoms with Crippen molar-refractivity contribution in [1.29, 1.82) is 0 Å². The average Bonchev–Trinajstić information content (AvgIpc) is 3.11. The summed E-state index contributed by atoms with van der Waals surface area (Å²) in [5.74, 6) is -0.496. The van der Waals surface area contributed by atoms with Crippen LogP contribution in [0, 0.1) is 13.8 Å². The molecule has 0 spiro atoms. The third-order valence-electron chi connectivity index (χ3n) is 4.56. The van der Waals surface area contributed by atoms with Crippen molar-refractivity contribution in [2.75, 3.05) is 20.8 Å². The van der Waals surface area contributed by atoms with E-state index in [4.69, 9.17) is 4.74 Å². The SMILES string of the molecule is COC(=O)CN1C(=O)N/C(=C\c2cc(C)n(-c3cccc(OC)c3)c2C)C1=O. The van der Waals surface area contributed by atoms with E-state index >= 15 is 0 Å². The number of hydrogen-bond donors (Lipinski definition) is 1. The summed E-state index contributed by atoms with van der Waals surface area (Å²) in [7, 11) is 2.81. The van der Waals surface area contributed by atoms with Gasteiger partial charge in [-0.05, 0) is 43.7 Å². The standard InChI is InChI=1S/C20H21N3O5/c1-12-8-14(13(2)23(12)15-6-5-7-16(10-15)27-3)9-17-19(25)22(20(26)21-17)11-18(24)28-4/h5-10H,11H2,1-4H3,(H,21,26)/b17-9-. The van der Waals surface area contributed by atoms with Gasteiger partial charge in [-0.2, -0.15) is 0 Å². The molecule has 1 aliphatic rings. The minimum Gasteiger partial charge on any atom is -0.497 e. The van der Waals surface area contributed by atoms with Crippen molar-refractivity contribution in [3.63, 3.8) is 0 Å². The minimum atomic E-state index is -0.666. The number of nitrogens with zero attached hydrogens (tertiary/aromatic N) is 2. The summed E-state index contributed by atoms with van der Waals surface area (Å²) in [6.45, 7) is 3.45. The fraction of sp³-hybridized carbons (Fsp3) is 0.250. The number of methoxy groups -OCH3 is 2. The molecule has 3 rings (SSSR count). The Kier molecular flexibility index (Phi) is 5.21. The maximum Gasteiger partial charge on any atom is 0.329 e. The van der Waals surface area contributed by atoms with E-state index in [0.29, 0.717) is 0 Å². The maximum absolute atomic E-state index is 12.5. The van der Waals surface area contributed by atoms with Gasteiger partial charge in [0.25, 0.3) is 5.91 Å². The number of esters is 1. The topological polar surface area (TPSA) is 89.9 Å². The monoisotopic (exact) mass is 383 g/mol. The van der Waals surface area contributed by atoms with Gasteiger partial charge in [-0.25, -0.2) is 9.69 Å². The summed E-state index contributed by atoms with van der Waals surface area (Å²) >= 11 is 0. The molecule has 0 atom stereocenters. The molecule has 1 N–H and O–H groups in total. The smallest absolute Gasteiger partial charge is 0.329 e. The van der Waals surface area contributed by atoms with Gasteiger partial charge in [-0.3, -0.25) is 9.59 Å². The van der Waals surface area contributed by atoms with Crippen molar-refractivity contribution < 1.29 is 23.9 Å². The second kappa shape index (κ2) is 7.59. The molecule has 0 aliphatic carbocycles. The van der Waals surface area contributed by atoms with E-state index in [-0.39, 0.29) is 5.70 Å². The molecule has 0 unspecified atom stereocenters. The minimum absolute atomic E-state index is 0.111. The Bertz CT molecular complexity index is 990. The largest absolute Gasteiger partial charge is 0.497 e. The highest BCUT2D eigenvalue weighted by atomic mass is 16.5. The Balaban J connectivity index is 1.94. The first-order valence-electron chi connectivity index (χ1n) is 8.60. The number of aromatic nitrogens is 1. The third kappa shape index (κ3) is 3.48. The van der Waals surface area contributed by atoms with Crippen molar-refractivity contribution in [1.82, 2.24) is 14.8 Å². The summed E-state index contributed by atoms with van der Waals surface area (Å²) in [4.78, 5) is 36.7. The third-order valence-corrected chi connectivity index (χ3v) is 4.56. The molecular formula is C20H21N3O5. The summed E-state index contributed by atoms with van der Waals surface area (Å²) < 4.78 is 11.8. The molecule has 28 heavy (non-hydrogen) atoms. The summed E-state index contributed by atoms with van der Waals surface area (Å²) in [6, 6.07) is 8.91. The fourth-order valence-electron chi connectivity index (χ4n) is 3.14. The van der Waals surface area contributed by atoms with E-state index < -0.39 is 24.5 Å². The van der Waals surface area contributed by atoms with Crippen LogP contribution >= 0.6 is 0 Å². The van der Waals surface area contributed by atoms with Crippen LogP contribution in [0.4, 0.5) is 4.79 Å². The van der Waals surface area contributed by atoms with Crippen molar-refractivity contribution in [2.24, 2.45) is 0 Å². The summed E-state index contributed by atoms with van der Waals surface area (Å²) in [5, 5.41) is 2.51. The van der Waals surface area contributed by atoms with E-state index in [2.05, 4.69) is 10.1 Å². The van der Waals surface area contributed by atoms with Crippen LogP contribution in [0.25, 0.3) is 11.8 Å². The number of amides is 3. The highest BCUT2D eigenvalue weighted by Crippen LogP contribution is 2.25. The van der Waals surface area contributed by atoms with Crippen LogP contribution in [0.2, 0.25) is 0 Å². The molecule has 0 saturated carbocycles. The van der Waals surface area contributed by atoms with Crippen LogP contribution in [-0.2, 0) is 14.3 Å². The Morgan fingerprint density at radius 3 is 2.61 bits per heavy atom. The maximum atomic E-state index is 12.5. The van der Waals surface area contributed by atoms with Gasteiger partial charge in [0, 0.05) is 23.1 Å². The summed E-state index contributed by atoms with van der Waals surface area (Å²) in [5.41, 5.74) is 3.67. The summed E-state index contributed by atoms with van der Waals surface area (Å²) in [6.07, 6.45) is 1.61. The molecule has 2 aromatic rings. The Morgan fingerprint density at radius 1 is 1.18 bits per heavy atom. The number of ether oxygens (including phenoxy) is 2. The molecule has 146 valence electrons. The van der Waals surface area contributed by atoms with Crippen molar-refractivity contribution in [2.45, 2.75) is 13.8 Å². The molecule has 3 amide bonds. The van der Waals surface area contributed by atoms with Gasteiger partial charge in [-0.1, -0.05) is 6.07 Å². The molecule has 1 fully saturated rings. The molecule has 2 heterocycles. The Labute approximate surface area is 162 Å². The first-order valence-corrected chi connectivity index (χ1v) is 8.60. The second-order valence-electron chi connectivity index (χ2n) is 6.32. The predicted octanol–water partition coefficient (Wildman–Crippen LogP) is 2.17. The molecule has 1 saturated heterocycles. The van der Waals surface area contributed by atoms with Crippen molar-refractivity contribution in [3.8, 4) is 11.4 Å². The average molecular weight is 383 g/mol. The number of hydrogen-bond acceptors (Lipinski definition) is 5. The lowest BCUT2D eigenvalue weighted by molar-refractivity contribution is -0.143. The van der Waals surface area contributed by atoms with Crippen LogP contribution in [0.1, 0.15) is 17.0 Å². The lowest BCUT2D eigenvalue weighted by Gasteiger charge is -2.11. The van der Waals surface area contributed by atoms with E-state index in [1.165, 1.54) is 7.11 Å². The molecule has 0 bridgehead atoms. The number of benzene rings is 1.